The van der Waals surface area contributed by atoms with E-state index in [0.29, 0.717) is 5.69 Å². The van der Waals surface area contributed by atoms with E-state index in [1.165, 1.54) is 38.0 Å². The molecule has 0 aliphatic carbocycles. The number of rotatable bonds is 8. The lowest BCUT2D eigenvalue weighted by atomic mass is 10.3. The molecule has 0 aliphatic rings. The highest BCUT2D eigenvalue weighted by Crippen LogP contribution is 2.24. The van der Waals surface area contributed by atoms with Crippen LogP contribution in [0.25, 0.3) is 0 Å². The van der Waals surface area contributed by atoms with E-state index in [1.54, 1.807) is 25.3 Å². The monoisotopic (exact) mass is 396 g/mol. The number of benzene rings is 1. The first-order chi connectivity index (χ1) is 12.3. The first-order valence-electron chi connectivity index (χ1n) is 8.27. The molecule has 0 fully saturated rings. The van der Waals surface area contributed by atoms with Gasteiger partial charge < -0.3 is 9.88 Å². The number of amides is 1. The fourth-order valence-electron chi connectivity index (χ4n) is 2.23. The molecule has 2 rings (SSSR count). The minimum atomic E-state index is -3.54. The molecular weight excluding hydrogens is 372 g/mol. The number of aryl methyl sites for hydroxylation is 1. The number of carbonyl (C=O) groups is 1. The average molecular weight is 397 g/mol. The van der Waals surface area contributed by atoms with Crippen molar-refractivity contribution in [1.82, 2.24) is 13.9 Å². The quantitative estimate of drug-likeness (QED) is 0.694. The maximum Gasteiger partial charge on any atom is 0.242 e. The van der Waals surface area contributed by atoms with Crippen LogP contribution in [0.3, 0.4) is 0 Å². The summed E-state index contributed by atoms with van der Waals surface area (Å²) in [6, 6.07) is 6.24. The average Bonchev–Trinajstić information content (AvgIpc) is 3.02. The van der Waals surface area contributed by atoms with Gasteiger partial charge in [0.2, 0.25) is 15.9 Å². The van der Waals surface area contributed by atoms with E-state index >= 15 is 0 Å². The highest BCUT2D eigenvalue weighted by molar-refractivity contribution is 8.00. The molecule has 0 saturated heterocycles. The number of aromatic nitrogens is 2. The first kappa shape index (κ1) is 20.5. The number of thioether (sulfide) groups is 1. The lowest BCUT2D eigenvalue weighted by Gasteiger charge is -2.15. The van der Waals surface area contributed by atoms with Gasteiger partial charge in [-0.05, 0) is 31.5 Å². The molecule has 1 atom stereocenters. The van der Waals surface area contributed by atoms with Gasteiger partial charge in [-0.2, -0.15) is 0 Å². The summed E-state index contributed by atoms with van der Waals surface area (Å²) in [5, 5.41) is 3.19. The number of hydrogen-bond acceptors (Lipinski definition) is 5. The van der Waals surface area contributed by atoms with Crippen LogP contribution < -0.4 is 5.32 Å². The van der Waals surface area contributed by atoms with Crippen molar-refractivity contribution in [3.63, 3.8) is 0 Å². The Morgan fingerprint density at radius 2 is 2.12 bits per heavy atom. The maximum atomic E-state index is 12.5. The third-order valence-electron chi connectivity index (χ3n) is 3.67. The number of nitrogens with one attached hydrogen (secondary N) is 1. The summed E-state index contributed by atoms with van der Waals surface area (Å²) in [4.78, 5) is 16.9. The number of imidazole rings is 1. The smallest absolute Gasteiger partial charge is 0.242 e. The maximum absolute atomic E-state index is 12.5. The van der Waals surface area contributed by atoms with Gasteiger partial charge in [0.25, 0.3) is 0 Å². The molecule has 7 nitrogen and oxygen atoms in total. The van der Waals surface area contributed by atoms with E-state index in [4.69, 9.17) is 0 Å². The molecule has 0 bridgehead atoms. The largest absolute Gasteiger partial charge is 0.326 e. The Bertz CT molecular complexity index is 862. The second-order valence-electron chi connectivity index (χ2n) is 5.97. The fourth-order valence-corrected chi connectivity index (χ4v) is 4.06. The predicted molar refractivity (Wildman–Crippen MR) is 104 cm³/mol. The van der Waals surface area contributed by atoms with E-state index in [9.17, 15) is 13.2 Å². The van der Waals surface area contributed by atoms with Crippen LogP contribution in [0.2, 0.25) is 0 Å². The van der Waals surface area contributed by atoms with Crippen molar-refractivity contribution in [3.8, 4) is 0 Å². The van der Waals surface area contributed by atoms with Gasteiger partial charge in [-0.3, -0.25) is 4.79 Å². The van der Waals surface area contributed by atoms with Gasteiger partial charge in [0.1, 0.15) is 0 Å². The summed E-state index contributed by atoms with van der Waals surface area (Å²) in [7, 11) is -0.605. The molecule has 1 heterocycles. The zero-order valence-corrected chi connectivity index (χ0v) is 17.0. The van der Waals surface area contributed by atoms with Crippen LogP contribution in [0.5, 0.6) is 0 Å². The Hall–Kier alpha value is -1.84. The van der Waals surface area contributed by atoms with Crippen molar-refractivity contribution in [3.05, 3.63) is 36.7 Å². The van der Waals surface area contributed by atoms with Crippen LogP contribution in [0.1, 0.15) is 20.3 Å². The highest BCUT2D eigenvalue weighted by atomic mass is 32.2. The highest BCUT2D eigenvalue weighted by Gasteiger charge is 2.20. The van der Waals surface area contributed by atoms with Crippen LogP contribution in [0, 0.1) is 0 Å². The van der Waals surface area contributed by atoms with Crippen LogP contribution in [-0.4, -0.2) is 47.5 Å². The molecule has 1 unspecified atom stereocenters. The summed E-state index contributed by atoms with van der Waals surface area (Å²) in [5.74, 6) is -0.208. The summed E-state index contributed by atoms with van der Waals surface area (Å²) in [5.41, 5.74) is 0.447. The van der Waals surface area contributed by atoms with Gasteiger partial charge in [-0.1, -0.05) is 24.8 Å². The van der Waals surface area contributed by atoms with E-state index in [-0.39, 0.29) is 16.1 Å². The number of hydrogen-bond donors (Lipinski definition) is 1. The molecule has 1 aromatic carbocycles. The molecule has 142 valence electrons. The summed E-state index contributed by atoms with van der Waals surface area (Å²) in [6.45, 7) is 4.73. The number of sulfonamides is 1. The molecule has 2 aromatic rings. The Balaban J connectivity index is 2.08. The van der Waals surface area contributed by atoms with Crippen LogP contribution >= 0.6 is 11.8 Å². The second kappa shape index (κ2) is 8.70. The molecule has 1 aromatic heterocycles. The van der Waals surface area contributed by atoms with Crippen molar-refractivity contribution < 1.29 is 13.2 Å². The van der Waals surface area contributed by atoms with Crippen molar-refractivity contribution in [1.29, 1.82) is 0 Å². The van der Waals surface area contributed by atoms with E-state index < -0.39 is 10.0 Å². The van der Waals surface area contributed by atoms with Crippen molar-refractivity contribution in [2.24, 2.45) is 0 Å². The molecule has 9 heteroatoms. The number of anilines is 1. The van der Waals surface area contributed by atoms with Crippen molar-refractivity contribution in [2.45, 2.75) is 42.1 Å². The Morgan fingerprint density at radius 3 is 2.77 bits per heavy atom. The Morgan fingerprint density at radius 1 is 1.38 bits per heavy atom. The molecular formula is C17H24N4O3S2. The lowest BCUT2D eigenvalue weighted by molar-refractivity contribution is -0.115. The summed E-state index contributed by atoms with van der Waals surface area (Å²) >= 11 is 1.37. The Kier molecular flexibility index (Phi) is 6.85. The van der Waals surface area contributed by atoms with Crippen molar-refractivity contribution in [2.75, 3.05) is 19.4 Å². The van der Waals surface area contributed by atoms with Crippen LogP contribution in [0.15, 0.2) is 46.7 Å². The zero-order valence-electron chi connectivity index (χ0n) is 15.3. The van der Waals surface area contributed by atoms with E-state index in [2.05, 4.69) is 17.2 Å². The molecule has 0 aliphatic heterocycles. The van der Waals surface area contributed by atoms with Gasteiger partial charge in [-0.25, -0.2) is 17.7 Å². The fraction of sp³-hybridized carbons (Fsp3) is 0.412. The third kappa shape index (κ3) is 4.87. The van der Waals surface area contributed by atoms with Gasteiger partial charge in [-0.15, -0.1) is 0 Å². The lowest BCUT2D eigenvalue weighted by Crippen LogP contribution is -2.24. The number of nitrogens with zero attached hydrogens (tertiary/aromatic N) is 3. The summed E-state index contributed by atoms with van der Waals surface area (Å²) < 4.78 is 27.6. The zero-order chi connectivity index (χ0) is 19.3. The van der Waals surface area contributed by atoms with E-state index in [1.807, 2.05) is 10.8 Å². The number of carbonyl (C=O) groups excluding carboxylic acids is 1. The van der Waals surface area contributed by atoms with Crippen molar-refractivity contribution >= 4 is 33.4 Å². The molecule has 0 radical (unpaired) electrons. The van der Waals surface area contributed by atoms with Gasteiger partial charge in [0, 0.05) is 38.7 Å². The minimum absolute atomic E-state index is 0.138. The Labute approximate surface area is 158 Å². The molecule has 0 spiro atoms. The molecule has 26 heavy (non-hydrogen) atoms. The molecule has 0 saturated carbocycles. The molecule has 1 N–H and O–H groups in total. The topological polar surface area (TPSA) is 84.3 Å². The second-order valence-corrected chi connectivity index (χ2v) is 9.43. The van der Waals surface area contributed by atoms with Gasteiger partial charge in [0.15, 0.2) is 5.16 Å². The minimum Gasteiger partial charge on any atom is -0.326 e. The van der Waals surface area contributed by atoms with Crippen LogP contribution in [0.4, 0.5) is 5.69 Å². The van der Waals surface area contributed by atoms with E-state index in [0.717, 1.165) is 22.4 Å². The van der Waals surface area contributed by atoms with Gasteiger partial charge >= 0.3 is 0 Å². The normalized spacial score (nSPS) is 13.0. The third-order valence-corrected chi connectivity index (χ3v) is 6.60. The molecule has 1 amide bonds. The standard InChI is InChI=1S/C17H24N4O3S2/c1-5-10-21-11-9-18-17(21)25-13(2)16(22)19-14-7-6-8-15(12-14)26(23,24)20(3)4/h6-9,11-13H,5,10H2,1-4H3,(H,19,22). The first-order valence-corrected chi connectivity index (χ1v) is 10.6. The van der Waals surface area contributed by atoms with Gasteiger partial charge in [0.05, 0.1) is 10.1 Å². The SMILES string of the molecule is CCCn1ccnc1SC(C)C(=O)Nc1cccc(S(=O)(=O)N(C)C)c1. The van der Waals surface area contributed by atoms with Crippen LogP contribution in [-0.2, 0) is 21.4 Å². The predicted octanol–water partition coefficient (Wildman–Crippen LogP) is 2.66. The summed E-state index contributed by atoms with van der Waals surface area (Å²) in [6.07, 6.45) is 4.60.